The van der Waals surface area contributed by atoms with Crippen molar-refractivity contribution in [3.8, 4) is 0 Å². The Morgan fingerprint density at radius 2 is 2.32 bits per heavy atom. The standard InChI is InChI=1S/C15H22N2O2/c1-11(2)17-15(18)12-5-3-6-13(9-12)16-10-14-7-4-8-19-14/h3,5-6,9,11,14,16H,4,7-8,10H2,1-2H3,(H,17,18). The van der Waals surface area contributed by atoms with Gasteiger partial charge in [-0.05, 0) is 44.9 Å². The summed E-state index contributed by atoms with van der Waals surface area (Å²) in [5.74, 6) is -0.0317. The number of rotatable bonds is 5. The molecule has 0 bridgehead atoms. The van der Waals surface area contributed by atoms with Crippen molar-refractivity contribution in [2.24, 2.45) is 0 Å². The van der Waals surface area contributed by atoms with Crippen molar-refractivity contribution >= 4 is 11.6 Å². The Labute approximate surface area is 114 Å². The molecule has 2 N–H and O–H groups in total. The second-order valence-electron chi connectivity index (χ2n) is 5.22. The number of nitrogens with one attached hydrogen (secondary N) is 2. The highest BCUT2D eigenvalue weighted by molar-refractivity contribution is 5.95. The minimum Gasteiger partial charge on any atom is -0.382 e. The minimum absolute atomic E-state index is 0.0317. The molecule has 104 valence electrons. The number of carbonyl (C=O) groups excluding carboxylic acids is 1. The van der Waals surface area contributed by atoms with Gasteiger partial charge in [0.1, 0.15) is 0 Å². The van der Waals surface area contributed by atoms with Gasteiger partial charge in [-0.25, -0.2) is 0 Å². The minimum atomic E-state index is -0.0317. The average molecular weight is 262 g/mol. The highest BCUT2D eigenvalue weighted by Gasteiger charge is 2.15. The predicted molar refractivity (Wildman–Crippen MR) is 76.5 cm³/mol. The summed E-state index contributed by atoms with van der Waals surface area (Å²) in [5.41, 5.74) is 1.65. The fourth-order valence-corrected chi connectivity index (χ4v) is 2.15. The van der Waals surface area contributed by atoms with Gasteiger partial charge in [0.05, 0.1) is 6.10 Å². The first-order chi connectivity index (χ1) is 9.15. The Balaban J connectivity index is 1.92. The zero-order chi connectivity index (χ0) is 13.7. The first kappa shape index (κ1) is 13.9. The van der Waals surface area contributed by atoms with E-state index in [0.29, 0.717) is 11.7 Å². The lowest BCUT2D eigenvalue weighted by Crippen LogP contribution is -2.30. The topological polar surface area (TPSA) is 50.4 Å². The largest absolute Gasteiger partial charge is 0.382 e. The van der Waals surface area contributed by atoms with Crippen molar-refractivity contribution in [1.29, 1.82) is 0 Å². The van der Waals surface area contributed by atoms with Crippen LogP contribution in [0, 0.1) is 0 Å². The summed E-state index contributed by atoms with van der Waals surface area (Å²) in [7, 11) is 0. The van der Waals surface area contributed by atoms with Crippen molar-refractivity contribution in [2.45, 2.75) is 38.8 Å². The maximum Gasteiger partial charge on any atom is 0.251 e. The predicted octanol–water partition coefficient (Wildman–Crippen LogP) is 2.42. The Hall–Kier alpha value is -1.55. The van der Waals surface area contributed by atoms with E-state index in [-0.39, 0.29) is 11.9 Å². The third-order valence-corrected chi connectivity index (χ3v) is 3.10. The Bertz CT molecular complexity index is 426. The fourth-order valence-electron chi connectivity index (χ4n) is 2.15. The SMILES string of the molecule is CC(C)NC(=O)c1cccc(NCC2CCCO2)c1. The zero-order valence-corrected chi connectivity index (χ0v) is 11.6. The van der Waals surface area contributed by atoms with Crippen molar-refractivity contribution in [2.75, 3.05) is 18.5 Å². The van der Waals surface area contributed by atoms with Gasteiger partial charge in [0.2, 0.25) is 0 Å². The molecule has 4 heteroatoms. The van der Waals surface area contributed by atoms with E-state index in [1.165, 1.54) is 0 Å². The van der Waals surface area contributed by atoms with Crippen molar-refractivity contribution < 1.29 is 9.53 Å². The molecular formula is C15H22N2O2. The molecule has 1 unspecified atom stereocenters. The molecule has 4 nitrogen and oxygen atoms in total. The van der Waals surface area contributed by atoms with Crippen LogP contribution in [0.2, 0.25) is 0 Å². The number of benzene rings is 1. The Kier molecular flexibility index (Phi) is 4.80. The van der Waals surface area contributed by atoms with Crippen LogP contribution in [0.3, 0.4) is 0 Å². The highest BCUT2D eigenvalue weighted by Crippen LogP contribution is 2.15. The average Bonchev–Trinajstić information content (AvgIpc) is 2.89. The molecule has 2 rings (SSSR count). The van der Waals surface area contributed by atoms with E-state index in [1.54, 1.807) is 0 Å². The summed E-state index contributed by atoms with van der Waals surface area (Å²) in [5, 5.41) is 6.22. The van der Waals surface area contributed by atoms with Crippen molar-refractivity contribution in [3.63, 3.8) is 0 Å². The first-order valence-corrected chi connectivity index (χ1v) is 6.91. The van der Waals surface area contributed by atoms with Gasteiger partial charge in [-0.1, -0.05) is 6.07 Å². The van der Waals surface area contributed by atoms with E-state index < -0.39 is 0 Å². The van der Waals surface area contributed by atoms with E-state index in [2.05, 4.69) is 10.6 Å². The third-order valence-electron chi connectivity index (χ3n) is 3.10. The zero-order valence-electron chi connectivity index (χ0n) is 11.6. The lowest BCUT2D eigenvalue weighted by atomic mass is 10.1. The van der Waals surface area contributed by atoms with Gasteiger partial charge in [0, 0.05) is 30.4 Å². The summed E-state index contributed by atoms with van der Waals surface area (Å²) >= 11 is 0. The molecule has 0 spiro atoms. The summed E-state index contributed by atoms with van der Waals surface area (Å²) in [6, 6.07) is 7.73. The van der Waals surface area contributed by atoms with E-state index in [0.717, 1.165) is 31.7 Å². The molecule has 1 aliphatic heterocycles. The second kappa shape index (κ2) is 6.57. The van der Waals surface area contributed by atoms with Crippen LogP contribution in [-0.2, 0) is 4.74 Å². The lowest BCUT2D eigenvalue weighted by Gasteiger charge is -2.13. The van der Waals surface area contributed by atoms with Gasteiger partial charge in [-0.2, -0.15) is 0 Å². The molecule has 1 aromatic carbocycles. The molecule has 0 saturated carbocycles. The third kappa shape index (κ3) is 4.24. The maximum absolute atomic E-state index is 11.9. The van der Waals surface area contributed by atoms with Crippen LogP contribution in [0.1, 0.15) is 37.0 Å². The molecule has 19 heavy (non-hydrogen) atoms. The Morgan fingerprint density at radius 3 is 3.00 bits per heavy atom. The maximum atomic E-state index is 11.9. The molecule has 1 fully saturated rings. The number of carbonyl (C=O) groups is 1. The molecule has 1 saturated heterocycles. The summed E-state index contributed by atoms with van der Waals surface area (Å²) in [6.07, 6.45) is 2.55. The number of hydrogen-bond acceptors (Lipinski definition) is 3. The quantitative estimate of drug-likeness (QED) is 0.856. The van der Waals surface area contributed by atoms with Crippen molar-refractivity contribution in [3.05, 3.63) is 29.8 Å². The van der Waals surface area contributed by atoms with Gasteiger partial charge in [0.25, 0.3) is 5.91 Å². The molecule has 0 radical (unpaired) electrons. The molecule has 0 aliphatic carbocycles. The summed E-state index contributed by atoms with van der Waals surface area (Å²) in [6.45, 7) is 5.58. The van der Waals surface area contributed by atoms with Gasteiger partial charge >= 0.3 is 0 Å². The number of amides is 1. The van der Waals surface area contributed by atoms with Crippen molar-refractivity contribution in [1.82, 2.24) is 5.32 Å². The molecular weight excluding hydrogens is 240 g/mol. The molecule has 1 atom stereocenters. The van der Waals surface area contributed by atoms with Crippen LogP contribution >= 0.6 is 0 Å². The van der Waals surface area contributed by atoms with Crippen LogP contribution in [-0.4, -0.2) is 31.2 Å². The van der Waals surface area contributed by atoms with Gasteiger partial charge in [-0.3, -0.25) is 4.79 Å². The second-order valence-corrected chi connectivity index (χ2v) is 5.22. The number of ether oxygens (including phenoxy) is 1. The van der Waals surface area contributed by atoms with E-state index in [1.807, 2.05) is 38.1 Å². The molecule has 1 aliphatic rings. The van der Waals surface area contributed by atoms with Crippen LogP contribution in [0.5, 0.6) is 0 Å². The number of hydrogen-bond donors (Lipinski definition) is 2. The summed E-state index contributed by atoms with van der Waals surface area (Å²) < 4.78 is 5.56. The molecule has 1 amide bonds. The van der Waals surface area contributed by atoms with E-state index in [4.69, 9.17) is 4.74 Å². The Morgan fingerprint density at radius 1 is 1.47 bits per heavy atom. The fraction of sp³-hybridized carbons (Fsp3) is 0.533. The van der Waals surface area contributed by atoms with Crippen LogP contribution in [0.15, 0.2) is 24.3 Å². The van der Waals surface area contributed by atoms with Gasteiger partial charge < -0.3 is 15.4 Å². The molecule has 1 heterocycles. The lowest BCUT2D eigenvalue weighted by molar-refractivity contribution is 0.0943. The monoisotopic (exact) mass is 262 g/mol. The normalized spacial score (nSPS) is 18.6. The molecule has 1 aromatic rings. The highest BCUT2D eigenvalue weighted by atomic mass is 16.5. The first-order valence-electron chi connectivity index (χ1n) is 6.91. The number of anilines is 1. The van der Waals surface area contributed by atoms with Crippen LogP contribution in [0.25, 0.3) is 0 Å². The van der Waals surface area contributed by atoms with Crippen LogP contribution in [0.4, 0.5) is 5.69 Å². The molecule has 0 aromatic heterocycles. The van der Waals surface area contributed by atoms with Gasteiger partial charge in [-0.15, -0.1) is 0 Å². The van der Waals surface area contributed by atoms with Crippen LogP contribution < -0.4 is 10.6 Å². The van der Waals surface area contributed by atoms with E-state index in [9.17, 15) is 4.79 Å². The van der Waals surface area contributed by atoms with E-state index >= 15 is 0 Å². The smallest absolute Gasteiger partial charge is 0.251 e. The van der Waals surface area contributed by atoms with Gasteiger partial charge in [0.15, 0.2) is 0 Å². The summed E-state index contributed by atoms with van der Waals surface area (Å²) in [4.78, 5) is 11.9.